The highest BCUT2D eigenvalue weighted by atomic mass is 19.1. The first-order valence-electron chi connectivity index (χ1n) is 9.37. The molecule has 2 heterocycles. The molecular weight excluding hydrogens is 360 g/mol. The van der Waals surface area contributed by atoms with E-state index in [1.165, 1.54) is 12.3 Å². The minimum absolute atomic E-state index is 0.240. The molecule has 3 aromatic rings. The van der Waals surface area contributed by atoms with Crippen molar-refractivity contribution in [3.8, 4) is 11.5 Å². The van der Waals surface area contributed by atoms with Gasteiger partial charge in [0.15, 0.2) is 17.5 Å². The zero-order valence-electron chi connectivity index (χ0n) is 16.3. The third kappa shape index (κ3) is 3.74. The summed E-state index contributed by atoms with van der Waals surface area (Å²) in [4.78, 5) is 10.4. The Labute approximate surface area is 163 Å². The van der Waals surface area contributed by atoms with E-state index in [-0.39, 0.29) is 17.1 Å². The maximum absolute atomic E-state index is 14.3. The fourth-order valence-electron chi connectivity index (χ4n) is 3.34. The molecule has 0 radical (unpaired) electrons. The number of aryl methyl sites for hydroxylation is 1. The predicted molar refractivity (Wildman–Crippen MR) is 104 cm³/mol. The van der Waals surface area contributed by atoms with Crippen molar-refractivity contribution < 1.29 is 8.78 Å². The quantitative estimate of drug-likeness (QED) is 0.640. The van der Waals surface area contributed by atoms with Crippen LogP contribution in [0.2, 0.25) is 0 Å². The highest BCUT2D eigenvalue weighted by molar-refractivity contribution is 5.53. The second-order valence-corrected chi connectivity index (χ2v) is 7.95. The Morgan fingerprint density at radius 1 is 1.18 bits per heavy atom. The number of anilines is 1. The molecular formula is C21H23F2N5. The Bertz CT molecular complexity index is 1010. The van der Waals surface area contributed by atoms with Gasteiger partial charge in [-0.2, -0.15) is 5.10 Å². The Hall–Kier alpha value is -2.83. The lowest BCUT2D eigenvalue weighted by Gasteiger charge is -2.22. The average molecular weight is 383 g/mol. The van der Waals surface area contributed by atoms with Crippen LogP contribution in [0.4, 0.5) is 14.6 Å². The first-order valence-corrected chi connectivity index (χ1v) is 9.37. The summed E-state index contributed by atoms with van der Waals surface area (Å²) < 4.78 is 30.0. The lowest BCUT2D eigenvalue weighted by atomic mass is 10.1. The molecule has 4 rings (SSSR count). The molecule has 146 valence electrons. The normalized spacial score (nSPS) is 14.9. The van der Waals surface area contributed by atoms with Gasteiger partial charge in [0.25, 0.3) is 0 Å². The molecule has 28 heavy (non-hydrogen) atoms. The van der Waals surface area contributed by atoms with Gasteiger partial charge in [-0.05, 0) is 37.3 Å². The Morgan fingerprint density at radius 2 is 1.93 bits per heavy atom. The first kappa shape index (κ1) is 18.5. The molecule has 0 saturated heterocycles. The van der Waals surface area contributed by atoms with Crippen LogP contribution >= 0.6 is 0 Å². The highest BCUT2D eigenvalue weighted by Gasteiger charge is 2.38. The van der Waals surface area contributed by atoms with Gasteiger partial charge in [-0.3, -0.25) is 4.68 Å². The summed E-state index contributed by atoms with van der Waals surface area (Å²) >= 11 is 0. The zero-order chi connectivity index (χ0) is 19.9. The summed E-state index contributed by atoms with van der Waals surface area (Å²) in [5.41, 5.74) is 2.19. The first-order chi connectivity index (χ1) is 13.3. The van der Waals surface area contributed by atoms with Gasteiger partial charge < -0.3 is 4.90 Å². The van der Waals surface area contributed by atoms with Crippen LogP contribution in [0, 0.1) is 24.0 Å². The summed E-state index contributed by atoms with van der Waals surface area (Å²) in [6.45, 7) is 5.14. The minimum atomic E-state index is -0.446. The molecule has 1 saturated carbocycles. The van der Waals surface area contributed by atoms with E-state index in [2.05, 4.69) is 22.0 Å². The fraction of sp³-hybridized carbons (Fsp3) is 0.381. The maximum atomic E-state index is 14.3. The van der Waals surface area contributed by atoms with Crippen molar-refractivity contribution in [1.82, 2.24) is 19.7 Å². The molecule has 0 aliphatic heterocycles. The van der Waals surface area contributed by atoms with Gasteiger partial charge in [0.2, 0.25) is 0 Å². The molecule has 5 nitrogen and oxygen atoms in total. The van der Waals surface area contributed by atoms with Gasteiger partial charge in [0, 0.05) is 24.8 Å². The molecule has 1 aliphatic carbocycles. The van der Waals surface area contributed by atoms with Crippen LogP contribution in [-0.4, -0.2) is 33.3 Å². The number of aromatic nitrogens is 4. The number of hydrogen-bond donors (Lipinski definition) is 0. The monoisotopic (exact) mass is 383 g/mol. The molecule has 0 N–H and O–H groups in total. The van der Waals surface area contributed by atoms with E-state index in [0.717, 1.165) is 25.1 Å². The third-order valence-electron chi connectivity index (χ3n) is 5.30. The van der Waals surface area contributed by atoms with Crippen molar-refractivity contribution in [1.29, 1.82) is 0 Å². The molecule has 0 amide bonds. The Balaban J connectivity index is 1.61. The third-order valence-corrected chi connectivity index (χ3v) is 5.30. The molecule has 0 unspecified atom stereocenters. The van der Waals surface area contributed by atoms with Crippen LogP contribution in [0.1, 0.15) is 31.0 Å². The largest absolute Gasteiger partial charge is 0.357 e. The second-order valence-electron chi connectivity index (χ2n) is 7.95. The van der Waals surface area contributed by atoms with E-state index in [0.29, 0.717) is 23.6 Å². The van der Waals surface area contributed by atoms with Crippen LogP contribution in [0.15, 0.2) is 36.5 Å². The molecule has 0 spiro atoms. The maximum Gasteiger partial charge on any atom is 0.183 e. The number of rotatable bonds is 6. The Kier molecular flexibility index (Phi) is 4.61. The van der Waals surface area contributed by atoms with Gasteiger partial charge >= 0.3 is 0 Å². The number of hydrogen-bond acceptors (Lipinski definition) is 4. The SMILES string of the molecule is Cc1cc(-c2ncc(F)c(N(C)CC3(C)CC3)n2)nn1Cc1ccccc1F. The van der Waals surface area contributed by atoms with Crippen molar-refractivity contribution in [3.63, 3.8) is 0 Å². The summed E-state index contributed by atoms with van der Waals surface area (Å²) in [5, 5.41) is 4.52. The van der Waals surface area contributed by atoms with Gasteiger partial charge in [-0.15, -0.1) is 0 Å². The van der Waals surface area contributed by atoms with E-state index in [9.17, 15) is 8.78 Å². The van der Waals surface area contributed by atoms with Gasteiger partial charge in [-0.25, -0.2) is 18.7 Å². The standard InChI is InChI=1S/C21H23F2N5/c1-14-10-18(26-28(14)12-15-6-4-5-7-16(15)22)19-24-11-17(23)20(25-19)27(3)13-21(2)8-9-21/h4-7,10-11H,8-9,12-13H2,1-3H3. The van der Waals surface area contributed by atoms with E-state index in [1.54, 1.807) is 22.9 Å². The summed E-state index contributed by atoms with van der Waals surface area (Å²) in [6.07, 6.45) is 3.49. The topological polar surface area (TPSA) is 46.8 Å². The number of nitrogens with zero attached hydrogens (tertiary/aromatic N) is 5. The molecule has 0 bridgehead atoms. The summed E-state index contributed by atoms with van der Waals surface area (Å²) in [5.74, 6) is -0.0773. The second kappa shape index (κ2) is 6.96. The van der Waals surface area contributed by atoms with Gasteiger partial charge in [-0.1, -0.05) is 25.1 Å². The average Bonchev–Trinajstić information content (AvgIpc) is 3.27. The fourth-order valence-corrected chi connectivity index (χ4v) is 3.34. The van der Waals surface area contributed by atoms with Crippen molar-refractivity contribution in [2.24, 2.45) is 5.41 Å². The van der Waals surface area contributed by atoms with Crippen LogP contribution in [0.3, 0.4) is 0 Å². The summed E-state index contributed by atoms with van der Waals surface area (Å²) in [7, 11) is 1.85. The smallest absolute Gasteiger partial charge is 0.183 e. The molecule has 1 fully saturated rings. The summed E-state index contributed by atoms with van der Waals surface area (Å²) in [6, 6.07) is 8.45. The highest BCUT2D eigenvalue weighted by Crippen LogP contribution is 2.45. The minimum Gasteiger partial charge on any atom is -0.357 e. The number of benzene rings is 1. The number of halogens is 2. The van der Waals surface area contributed by atoms with E-state index in [4.69, 9.17) is 0 Å². The van der Waals surface area contributed by atoms with Crippen LogP contribution < -0.4 is 4.90 Å². The van der Waals surface area contributed by atoms with E-state index < -0.39 is 5.82 Å². The lowest BCUT2D eigenvalue weighted by Crippen LogP contribution is -2.26. The molecule has 2 aromatic heterocycles. The Morgan fingerprint density at radius 3 is 2.64 bits per heavy atom. The van der Waals surface area contributed by atoms with Crippen LogP contribution in [-0.2, 0) is 6.54 Å². The molecule has 1 aliphatic rings. The van der Waals surface area contributed by atoms with Crippen molar-refractivity contribution in [2.45, 2.75) is 33.2 Å². The molecule has 7 heteroatoms. The molecule has 1 aromatic carbocycles. The van der Waals surface area contributed by atoms with Gasteiger partial charge in [0.1, 0.15) is 11.5 Å². The van der Waals surface area contributed by atoms with E-state index in [1.807, 2.05) is 24.9 Å². The van der Waals surface area contributed by atoms with Crippen LogP contribution in [0.5, 0.6) is 0 Å². The zero-order valence-corrected chi connectivity index (χ0v) is 16.3. The van der Waals surface area contributed by atoms with Gasteiger partial charge in [0.05, 0.1) is 12.7 Å². The lowest BCUT2D eigenvalue weighted by molar-refractivity contribution is 0.549. The van der Waals surface area contributed by atoms with Crippen molar-refractivity contribution in [3.05, 3.63) is 59.4 Å². The molecule has 0 atom stereocenters. The van der Waals surface area contributed by atoms with E-state index >= 15 is 0 Å². The predicted octanol–water partition coefficient (Wildman–Crippen LogP) is 4.21. The van der Waals surface area contributed by atoms with Crippen LogP contribution in [0.25, 0.3) is 11.5 Å². The van der Waals surface area contributed by atoms with Crippen molar-refractivity contribution in [2.75, 3.05) is 18.5 Å². The van der Waals surface area contributed by atoms with Crippen molar-refractivity contribution >= 4 is 5.82 Å².